The van der Waals surface area contributed by atoms with E-state index >= 15 is 0 Å². The summed E-state index contributed by atoms with van der Waals surface area (Å²) in [5, 5.41) is 0. The fraction of sp³-hybridized carbons (Fsp3) is 0.625. The average molecular weight is 141 g/mol. The Labute approximate surface area is 62.1 Å². The number of carbonyl (C=O) groups excluding carboxylic acids is 1. The third kappa shape index (κ3) is 2.67. The van der Waals surface area contributed by atoms with Gasteiger partial charge < -0.3 is 5.73 Å². The van der Waals surface area contributed by atoms with Crippen molar-refractivity contribution < 1.29 is 4.79 Å². The summed E-state index contributed by atoms with van der Waals surface area (Å²) in [6.45, 7) is 5.80. The van der Waals surface area contributed by atoms with Gasteiger partial charge in [-0.25, -0.2) is 0 Å². The first kappa shape index (κ1) is 9.21. The van der Waals surface area contributed by atoms with Crippen LogP contribution in [0.15, 0.2) is 11.1 Å². The van der Waals surface area contributed by atoms with Gasteiger partial charge in [0.1, 0.15) is 0 Å². The minimum absolute atomic E-state index is 0.300. The second-order valence-corrected chi connectivity index (χ2v) is 2.52. The maximum Gasteiger partial charge on any atom is 0.244 e. The maximum absolute atomic E-state index is 10.6. The molecule has 0 atom stereocenters. The molecule has 0 heterocycles. The SMILES string of the molecule is CCC/C(C)=C(/C)C(N)=O. The predicted octanol–water partition coefficient (Wildman–Crippen LogP) is 1.61. The minimum atomic E-state index is -0.300. The number of primary amides is 1. The highest BCUT2D eigenvalue weighted by Crippen LogP contribution is 2.08. The molecule has 58 valence electrons. The van der Waals surface area contributed by atoms with Gasteiger partial charge in [0.05, 0.1) is 0 Å². The summed E-state index contributed by atoms with van der Waals surface area (Å²) in [5.41, 5.74) is 6.89. The first-order valence-corrected chi connectivity index (χ1v) is 3.55. The van der Waals surface area contributed by atoms with Crippen molar-refractivity contribution in [2.75, 3.05) is 0 Å². The molecule has 10 heavy (non-hydrogen) atoms. The van der Waals surface area contributed by atoms with E-state index in [1.807, 2.05) is 6.92 Å². The zero-order valence-electron chi connectivity index (χ0n) is 6.90. The molecule has 0 aliphatic carbocycles. The van der Waals surface area contributed by atoms with Crippen molar-refractivity contribution in [3.8, 4) is 0 Å². The normalized spacial score (nSPS) is 12.7. The van der Waals surface area contributed by atoms with Crippen LogP contribution in [-0.4, -0.2) is 5.91 Å². The third-order valence-corrected chi connectivity index (χ3v) is 1.63. The highest BCUT2D eigenvalue weighted by molar-refractivity contribution is 5.91. The highest BCUT2D eigenvalue weighted by Gasteiger charge is 2.00. The molecule has 2 N–H and O–H groups in total. The Morgan fingerprint density at radius 2 is 1.90 bits per heavy atom. The van der Waals surface area contributed by atoms with Gasteiger partial charge >= 0.3 is 0 Å². The summed E-state index contributed by atoms with van der Waals surface area (Å²) >= 11 is 0. The summed E-state index contributed by atoms with van der Waals surface area (Å²) < 4.78 is 0. The van der Waals surface area contributed by atoms with E-state index in [4.69, 9.17) is 5.73 Å². The molecule has 0 fully saturated rings. The molecule has 0 saturated carbocycles. The first-order chi connectivity index (χ1) is 4.59. The lowest BCUT2D eigenvalue weighted by Crippen LogP contribution is -2.13. The van der Waals surface area contributed by atoms with Crippen molar-refractivity contribution in [3.63, 3.8) is 0 Å². The van der Waals surface area contributed by atoms with Gasteiger partial charge in [0.15, 0.2) is 0 Å². The van der Waals surface area contributed by atoms with Crippen LogP contribution in [0.2, 0.25) is 0 Å². The van der Waals surface area contributed by atoms with Gasteiger partial charge in [0, 0.05) is 5.57 Å². The molecule has 0 aromatic carbocycles. The molecule has 2 heteroatoms. The van der Waals surface area contributed by atoms with Crippen LogP contribution in [0.25, 0.3) is 0 Å². The van der Waals surface area contributed by atoms with Crippen LogP contribution in [0.1, 0.15) is 33.6 Å². The minimum Gasteiger partial charge on any atom is -0.366 e. The van der Waals surface area contributed by atoms with E-state index in [0.29, 0.717) is 5.57 Å². The highest BCUT2D eigenvalue weighted by atomic mass is 16.1. The Morgan fingerprint density at radius 1 is 1.40 bits per heavy atom. The predicted molar refractivity (Wildman–Crippen MR) is 42.5 cm³/mol. The molecule has 0 rings (SSSR count). The van der Waals surface area contributed by atoms with E-state index in [-0.39, 0.29) is 5.91 Å². The van der Waals surface area contributed by atoms with Crippen molar-refractivity contribution >= 4 is 5.91 Å². The molecule has 0 spiro atoms. The standard InChI is InChI=1S/C8H15NO/c1-4-5-6(2)7(3)8(9)10/h4-5H2,1-3H3,(H2,9,10)/b7-6-. The Balaban J connectivity index is 4.19. The average Bonchev–Trinajstić information content (AvgIpc) is 1.87. The lowest BCUT2D eigenvalue weighted by atomic mass is 10.1. The molecule has 0 radical (unpaired) electrons. The Hall–Kier alpha value is -0.790. The number of rotatable bonds is 3. The number of carbonyl (C=O) groups is 1. The first-order valence-electron chi connectivity index (χ1n) is 3.55. The zero-order chi connectivity index (χ0) is 8.15. The molecule has 2 nitrogen and oxygen atoms in total. The number of hydrogen-bond donors (Lipinski definition) is 1. The largest absolute Gasteiger partial charge is 0.366 e. The second-order valence-electron chi connectivity index (χ2n) is 2.52. The summed E-state index contributed by atoms with van der Waals surface area (Å²) in [5.74, 6) is -0.300. The lowest BCUT2D eigenvalue weighted by Gasteiger charge is -2.00. The number of nitrogens with two attached hydrogens (primary N) is 1. The Bertz CT molecular complexity index is 159. The van der Waals surface area contributed by atoms with Crippen molar-refractivity contribution in [3.05, 3.63) is 11.1 Å². The molecular weight excluding hydrogens is 126 g/mol. The molecule has 0 aromatic heterocycles. The maximum atomic E-state index is 10.6. The van der Waals surface area contributed by atoms with Crippen LogP contribution in [0.3, 0.4) is 0 Å². The van der Waals surface area contributed by atoms with Crippen molar-refractivity contribution in [2.24, 2.45) is 5.73 Å². The number of hydrogen-bond acceptors (Lipinski definition) is 1. The topological polar surface area (TPSA) is 43.1 Å². The van der Waals surface area contributed by atoms with Crippen molar-refractivity contribution in [2.45, 2.75) is 33.6 Å². The smallest absolute Gasteiger partial charge is 0.244 e. The van der Waals surface area contributed by atoms with Gasteiger partial charge in [-0.3, -0.25) is 4.79 Å². The van der Waals surface area contributed by atoms with E-state index in [1.54, 1.807) is 6.92 Å². The lowest BCUT2D eigenvalue weighted by molar-refractivity contribution is -0.114. The van der Waals surface area contributed by atoms with Gasteiger partial charge in [-0.1, -0.05) is 18.9 Å². The monoisotopic (exact) mass is 141 g/mol. The number of allylic oxidation sites excluding steroid dienone is 1. The van der Waals surface area contributed by atoms with Gasteiger partial charge in [0.2, 0.25) is 5.91 Å². The van der Waals surface area contributed by atoms with Crippen LogP contribution in [-0.2, 0) is 4.79 Å². The van der Waals surface area contributed by atoms with Crippen LogP contribution in [0.5, 0.6) is 0 Å². The van der Waals surface area contributed by atoms with Gasteiger partial charge in [0.25, 0.3) is 0 Å². The van der Waals surface area contributed by atoms with E-state index in [0.717, 1.165) is 18.4 Å². The van der Waals surface area contributed by atoms with Crippen LogP contribution >= 0.6 is 0 Å². The van der Waals surface area contributed by atoms with Gasteiger partial charge in [-0.2, -0.15) is 0 Å². The van der Waals surface area contributed by atoms with E-state index in [9.17, 15) is 4.79 Å². The van der Waals surface area contributed by atoms with Crippen LogP contribution in [0.4, 0.5) is 0 Å². The van der Waals surface area contributed by atoms with Crippen LogP contribution in [0, 0.1) is 0 Å². The molecule has 1 amide bonds. The molecule has 0 saturated heterocycles. The van der Waals surface area contributed by atoms with Gasteiger partial charge in [-0.05, 0) is 20.3 Å². The second kappa shape index (κ2) is 4.09. The zero-order valence-corrected chi connectivity index (χ0v) is 6.90. The molecule has 0 aliphatic rings. The van der Waals surface area contributed by atoms with E-state index in [1.165, 1.54) is 0 Å². The fourth-order valence-electron chi connectivity index (χ4n) is 0.773. The third-order valence-electron chi connectivity index (χ3n) is 1.63. The number of amides is 1. The summed E-state index contributed by atoms with van der Waals surface area (Å²) in [7, 11) is 0. The molecule has 0 bridgehead atoms. The molecular formula is C8H15NO. The van der Waals surface area contributed by atoms with Crippen molar-refractivity contribution in [1.82, 2.24) is 0 Å². The van der Waals surface area contributed by atoms with E-state index in [2.05, 4.69) is 6.92 Å². The molecule has 0 aromatic rings. The quantitative estimate of drug-likeness (QED) is 0.596. The summed E-state index contributed by atoms with van der Waals surface area (Å²) in [4.78, 5) is 10.6. The summed E-state index contributed by atoms with van der Waals surface area (Å²) in [6.07, 6.45) is 2.03. The summed E-state index contributed by atoms with van der Waals surface area (Å²) in [6, 6.07) is 0. The van der Waals surface area contributed by atoms with Gasteiger partial charge in [-0.15, -0.1) is 0 Å². The fourth-order valence-corrected chi connectivity index (χ4v) is 0.773. The molecule has 0 aliphatic heterocycles. The van der Waals surface area contributed by atoms with Crippen molar-refractivity contribution in [1.29, 1.82) is 0 Å². The molecule has 0 unspecified atom stereocenters. The van der Waals surface area contributed by atoms with Crippen LogP contribution < -0.4 is 5.73 Å². The van der Waals surface area contributed by atoms with E-state index < -0.39 is 0 Å². The Morgan fingerprint density at radius 3 is 2.20 bits per heavy atom. The Kier molecular flexibility index (Phi) is 3.77.